The van der Waals surface area contributed by atoms with E-state index in [0.29, 0.717) is 23.7 Å². The smallest absolute Gasteiger partial charge is 0.279 e. The molecule has 0 spiro atoms. The molecule has 1 aromatic carbocycles. The van der Waals surface area contributed by atoms with E-state index in [1.807, 2.05) is 6.92 Å². The van der Waals surface area contributed by atoms with Gasteiger partial charge in [-0.25, -0.2) is 0 Å². The van der Waals surface area contributed by atoms with Gasteiger partial charge in [0.05, 0.1) is 21.9 Å². The van der Waals surface area contributed by atoms with Gasteiger partial charge < -0.3 is 10.3 Å². The van der Waals surface area contributed by atoms with Crippen molar-refractivity contribution >= 4 is 22.4 Å². The Labute approximate surface area is 116 Å². The number of aromatic amines is 1. The zero-order valence-corrected chi connectivity index (χ0v) is 11.5. The van der Waals surface area contributed by atoms with Crippen LogP contribution in [-0.4, -0.2) is 28.8 Å². The summed E-state index contributed by atoms with van der Waals surface area (Å²) in [7, 11) is 1.72. The molecule has 0 aliphatic heterocycles. The molecule has 1 aromatic heterocycles. The molecule has 0 amide bonds. The second-order valence-electron chi connectivity index (χ2n) is 4.64. The molecule has 1 atom stereocenters. The maximum Gasteiger partial charge on any atom is 0.279 e. The zero-order valence-electron chi connectivity index (χ0n) is 11.5. The third kappa shape index (κ3) is 2.55. The van der Waals surface area contributed by atoms with E-state index in [-0.39, 0.29) is 17.5 Å². The number of rotatable bonds is 6. The zero-order chi connectivity index (χ0) is 14.7. The number of hydrogen-bond acceptors (Lipinski definition) is 4. The van der Waals surface area contributed by atoms with Crippen LogP contribution in [0.5, 0.6) is 0 Å². The first-order valence-corrected chi connectivity index (χ1v) is 6.51. The van der Waals surface area contributed by atoms with Gasteiger partial charge >= 0.3 is 0 Å². The minimum absolute atomic E-state index is 0.0672. The summed E-state index contributed by atoms with van der Waals surface area (Å²) in [5.41, 5.74) is 1.57. The van der Waals surface area contributed by atoms with Gasteiger partial charge in [0.15, 0.2) is 0 Å². The Morgan fingerprint density at radius 1 is 1.50 bits per heavy atom. The summed E-state index contributed by atoms with van der Waals surface area (Å²) in [5, 5.41) is 14.7. The van der Waals surface area contributed by atoms with E-state index in [9.17, 15) is 14.9 Å². The van der Waals surface area contributed by atoms with E-state index in [0.717, 1.165) is 5.56 Å². The Bertz CT molecular complexity index is 648. The number of non-ortho nitro benzene ring substituents is 1. The first-order chi connectivity index (χ1) is 9.58. The van der Waals surface area contributed by atoms with Crippen LogP contribution in [0.15, 0.2) is 24.4 Å². The summed E-state index contributed by atoms with van der Waals surface area (Å²) in [6, 6.07) is 4.60. The number of carbonyl (C=O) groups excluding carboxylic acids is 1. The van der Waals surface area contributed by atoms with Gasteiger partial charge in [0.1, 0.15) is 5.78 Å². The third-order valence-electron chi connectivity index (χ3n) is 3.47. The number of benzene rings is 1. The summed E-state index contributed by atoms with van der Waals surface area (Å²) in [6.45, 7) is 1.81. The van der Waals surface area contributed by atoms with Gasteiger partial charge in [-0.3, -0.25) is 14.9 Å². The van der Waals surface area contributed by atoms with Crippen LogP contribution >= 0.6 is 0 Å². The van der Waals surface area contributed by atoms with Crippen LogP contribution in [0.2, 0.25) is 0 Å². The van der Waals surface area contributed by atoms with Crippen LogP contribution in [0.3, 0.4) is 0 Å². The van der Waals surface area contributed by atoms with Crippen molar-refractivity contribution in [3.63, 3.8) is 0 Å². The third-order valence-corrected chi connectivity index (χ3v) is 3.47. The van der Waals surface area contributed by atoms with Crippen LogP contribution in [0.4, 0.5) is 5.69 Å². The molecule has 1 heterocycles. The van der Waals surface area contributed by atoms with Crippen molar-refractivity contribution in [2.45, 2.75) is 25.8 Å². The Kier molecular flexibility index (Phi) is 4.14. The van der Waals surface area contributed by atoms with Crippen molar-refractivity contribution in [3.8, 4) is 0 Å². The average molecular weight is 275 g/mol. The molecule has 2 N–H and O–H groups in total. The van der Waals surface area contributed by atoms with Crippen molar-refractivity contribution in [3.05, 3.63) is 40.1 Å². The van der Waals surface area contributed by atoms with Crippen LogP contribution in [-0.2, 0) is 11.2 Å². The molecule has 0 aliphatic rings. The number of nitro groups is 1. The summed E-state index contributed by atoms with van der Waals surface area (Å²) in [4.78, 5) is 25.6. The lowest BCUT2D eigenvalue weighted by molar-refractivity contribution is -0.383. The second kappa shape index (κ2) is 5.83. The van der Waals surface area contributed by atoms with E-state index in [1.54, 1.807) is 25.4 Å². The minimum Gasteiger partial charge on any atom is -0.361 e. The van der Waals surface area contributed by atoms with E-state index >= 15 is 0 Å². The lowest BCUT2D eigenvalue weighted by Gasteiger charge is -2.13. The molecular formula is C14H17N3O3. The number of H-pyrrole nitrogens is 1. The Morgan fingerprint density at radius 2 is 2.25 bits per heavy atom. The molecule has 0 fully saturated rings. The Morgan fingerprint density at radius 3 is 2.85 bits per heavy atom. The molecule has 2 rings (SSSR count). The number of Topliss-reactive ketones (excluding diaryl/α,β-unsaturated/α-hetero) is 1. The summed E-state index contributed by atoms with van der Waals surface area (Å²) in [6.07, 6.45) is 2.62. The second-order valence-corrected chi connectivity index (χ2v) is 4.64. The van der Waals surface area contributed by atoms with Gasteiger partial charge in [-0.05, 0) is 25.1 Å². The maximum atomic E-state index is 11.8. The van der Waals surface area contributed by atoms with E-state index in [1.165, 1.54) is 6.07 Å². The fourth-order valence-corrected chi connectivity index (χ4v) is 2.39. The average Bonchev–Trinajstić information content (AvgIpc) is 2.86. The van der Waals surface area contributed by atoms with Crippen LogP contribution in [0, 0.1) is 10.1 Å². The molecule has 20 heavy (non-hydrogen) atoms. The highest BCUT2D eigenvalue weighted by molar-refractivity contribution is 5.93. The predicted molar refractivity (Wildman–Crippen MR) is 76.8 cm³/mol. The molecule has 6 heteroatoms. The molecule has 0 saturated heterocycles. The lowest BCUT2D eigenvalue weighted by Crippen LogP contribution is -2.35. The summed E-state index contributed by atoms with van der Waals surface area (Å²) >= 11 is 0. The van der Waals surface area contributed by atoms with Gasteiger partial charge in [0, 0.05) is 18.7 Å². The standard InChI is InChI=1S/C14H17N3O3/c1-3-13(18)11(15-2)7-9-8-16-10-5-4-6-12(14(9)10)17(19)20/h4-6,8,11,15-16H,3,7H2,1-2H3/t11-/m0/s1. The number of aromatic nitrogens is 1. The topological polar surface area (TPSA) is 88.0 Å². The number of nitrogens with one attached hydrogen (secondary N) is 2. The SMILES string of the molecule is CCC(=O)[C@H](Cc1c[nH]c2cccc([N+](=O)[O-])c12)NC. The summed E-state index contributed by atoms with van der Waals surface area (Å²) < 4.78 is 0. The fourth-order valence-electron chi connectivity index (χ4n) is 2.39. The number of ketones is 1. The molecule has 6 nitrogen and oxygen atoms in total. The monoisotopic (exact) mass is 275 g/mol. The van der Waals surface area contributed by atoms with Crippen LogP contribution < -0.4 is 5.32 Å². The number of likely N-dealkylation sites (N-methyl/N-ethyl adjacent to an activating group) is 1. The molecular weight excluding hydrogens is 258 g/mol. The molecule has 0 radical (unpaired) electrons. The number of carbonyl (C=O) groups is 1. The molecule has 2 aromatic rings. The maximum absolute atomic E-state index is 11.8. The first-order valence-electron chi connectivity index (χ1n) is 6.51. The van der Waals surface area contributed by atoms with E-state index in [2.05, 4.69) is 10.3 Å². The number of nitro benzene ring substituents is 1. The van der Waals surface area contributed by atoms with Crippen LogP contribution in [0.1, 0.15) is 18.9 Å². The minimum atomic E-state index is -0.393. The molecule has 0 unspecified atom stereocenters. The van der Waals surface area contributed by atoms with Crippen molar-refractivity contribution in [2.24, 2.45) is 0 Å². The van der Waals surface area contributed by atoms with Gasteiger partial charge in [-0.1, -0.05) is 13.0 Å². The molecule has 0 aliphatic carbocycles. The lowest BCUT2D eigenvalue weighted by atomic mass is 10.00. The quantitative estimate of drug-likeness (QED) is 0.624. The van der Waals surface area contributed by atoms with Gasteiger partial charge in [-0.2, -0.15) is 0 Å². The predicted octanol–water partition coefficient (Wildman–Crippen LogP) is 2.19. The van der Waals surface area contributed by atoms with E-state index in [4.69, 9.17) is 0 Å². The number of fused-ring (bicyclic) bond motifs is 1. The van der Waals surface area contributed by atoms with Crippen molar-refractivity contribution < 1.29 is 9.72 Å². The highest BCUT2D eigenvalue weighted by Gasteiger charge is 2.21. The highest BCUT2D eigenvalue weighted by Crippen LogP contribution is 2.29. The highest BCUT2D eigenvalue weighted by atomic mass is 16.6. The van der Waals surface area contributed by atoms with Gasteiger partial charge in [0.25, 0.3) is 5.69 Å². The Hall–Kier alpha value is -2.21. The number of nitrogens with zero attached hydrogens (tertiary/aromatic N) is 1. The van der Waals surface area contributed by atoms with Crippen molar-refractivity contribution in [1.29, 1.82) is 0 Å². The number of hydrogen-bond donors (Lipinski definition) is 2. The van der Waals surface area contributed by atoms with Crippen molar-refractivity contribution in [2.75, 3.05) is 7.05 Å². The first kappa shape index (κ1) is 14.2. The van der Waals surface area contributed by atoms with Crippen molar-refractivity contribution in [1.82, 2.24) is 10.3 Å². The molecule has 0 bridgehead atoms. The normalized spacial score (nSPS) is 12.5. The summed E-state index contributed by atoms with van der Waals surface area (Å²) in [5.74, 6) is 0.0976. The van der Waals surface area contributed by atoms with Crippen LogP contribution in [0.25, 0.3) is 10.9 Å². The fraction of sp³-hybridized carbons (Fsp3) is 0.357. The molecule has 106 valence electrons. The molecule has 0 saturated carbocycles. The van der Waals surface area contributed by atoms with E-state index < -0.39 is 4.92 Å². The Balaban J connectivity index is 2.44. The van der Waals surface area contributed by atoms with Gasteiger partial charge in [0.2, 0.25) is 0 Å². The van der Waals surface area contributed by atoms with Gasteiger partial charge in [-0.15, -0.1) is 0 Å². The largest absolute Gasteiger partial charge is 0.361 e.